The summed E-state index contributed by atoms with van der Waals surface area (Å²) < 4.78 is 18.5. The summed E-state index contributed by atoms with van der Waals surface area (Å²) in [5, 5.41) is 0. The van der Waals surface area contributed by atoms with E-state index in [0.717, 1.165) is 18.7 Å². The first kappa shape index (κ1) is 20.0. The minimum Gasteiger partial charge on any atom is -0.398 e. The number of rotatable bonds is 6. The summed E-state index contributed by atoms with van der Waals surface area (Å²) in [4.78, 5) is 2.28. The van der Waals surface area contributed by atoms with Gasteiger partial charge in [-0.15, -0.1) is 0 Å². The van der Waals surface area contributed by atoms with Crippen LogP contribution >= 0.6 is 0 Å². The van der Waals surface area contributed by atoms with Crippen molar-refractivity contribution >= 4 is 15.2 Å². The van der Waals surface area contributed by atoms with E-state index in [1.165, 1.54) is 6.04 Å². The van der Waals surface area contributed by atoms with Crippen molar-refractivity contribution in [2.24, 2.45) is 5.41 Å². The highest BCUT2D eigenvalue weighted by Gasteiger charge is 2.54. The first-order valence-electron chi connectivity index (χ1n) is 9.14. The van der Waals surface area contributed by atoms with Crippen molar-refractivity contribution in [3.05, 3.63) is 11.7 Å². The molecule has 0 aromatic rings. The predicted molar refractivity (Wildman–Crippen MR) is 104 cm³/mol. The third-order valence-electron chi connectivity index (χ3n) is 5.24. The maximum Gasteiger partial charge on any atom is 0.511 e. The molecule has 24 heavy (non-hydrogen) atoms. The van der Waals surface area contributed by atoms with Crippen LogP contribution < -0.4 is 0 Å². The highest BCUT2D eigenvalue weighted by Crippen LogP contribution is 2.42. The Kier molecular flexibility index (Phi) is 5.38. The van der Waals surface area contributed by atoms with E-state index in [1.54, 1.807) is 0 Å². The van der Waals surface area contributed by atoms with Crippen LogP contribution in [0.5, 0.6) is 0 Å². The lowest BCUT2D eigenvalue weighted by Crippen LogP contribution is -2.41. The first-order valence-corrected chi connectivity index (χ1v) is 12.8. The molecule has 0 aromatic heterocycles. The van der Waals surface area contributed by atoms with Gasteiger partial charge < -0.3 is 18.9 Å². The zero-order valence-electron chi connectivity index (χ0n) is 17.2. The Balaban J connectivity index is 2.01. The fourth-order valence-electron chi connectivity index (χ4n) is 2.97. The third kappa shape index (κ3) is 4.65. The van der Waals surface area contributed by atoms with Crippen LogP contribution in [-0.4, -0.2) is 51.2 Å². The second kappa shape index (κ2) is 6.45. The van der Waals surface area contributed by atoms with E-state index in [1.807, 2.05) is 0 Å². The fourth-order valence-corrected chi connectivity index (χ4v) is 3.73. The van der Waals surface area contributed by atoms with Crippen molar-refractivity contribution in [3.8, 4) is 0 Å². The summed E-state index contributed by atoms with van der Waals surface area (Å²) in [6.45, 7) is 22.4. The molecule has 0 spiro atoms. The molecule has 138 valence electrons. The number of nitrogens with zero attached hydrogens (tertiary/aromatic N) is 1. The van der Waals surface area contributed by atoms with Crippen LogP contribution in [0.3, 0.4) is 0 Å². The lowest BCUT2D eigenvalue weighted by Gasteiger charge is -2.32. The average Bonchev–Trinajstić information content (AvgIpc) is 2.77. The van der Waals surface area contributed by atoms with Gasteiger partial charge in [-0.2, -0.15) is 0 Å². The van der Waals surface area contributed by atoms with Gasteiger partial charge in [0.15, 0.2) is 0 Å². The van der Waals surface area contributed by atoms with E-state index < -0.39 is 8.07 Å². The van der Waals surface area contributed by atoms with Crippen LogP contribution in [-0.2, 0) is 14.0 Å². The van der Waals surface area contributed by atoms with Gasteiger partial charge in [-0.25, -0.2) is 0 Å². The Morgan fingerprint density at radius 1 is 1.08 bits per heavy atom. The molecule has 0 bridgehead atoms. The Bertz CT molecular complexity index is 481. The summed E-state index contributed by atoms with van der Waals surface area (Å²) in [5.74, 6) is 0. The monoisotopic (exact) mass is 353 g/mol. The molecule has 2 aliphatic rings. The topological polar surface area (TPSA) is 30.9 Å². The molecule has 0 radical (unpaired) electrons. The summed E-state index contributed by atoms with van der Waals surface area (Å²) in [7, 11) is -1.36. The van der Waals surface area contributed by atoms with E-state index in [2.05, 4.69) is 72.2 Å². The van der Waals surface area contributed by atoms with E-state index in [0.29, 0.717) is 6.73 Å². The van der Waals surface area contributed by atoms with Crippen molar-refractivity contribution in [2.75, 3.05) is 19.9 Å². The minimum absolute atomic E-state index is 0.112. The second-order valence-electron chi connectivity index (χ2n) is 10.2. The quantitative estimate of drug-likeness (QED) is 0.530. The number of hydrogen-bond acceptors (Lipinski definition) is 4. The van der Waals surface area contributed by atoms with E-state index in [9.17, 15) is 0 Å². The molecule has 0 amide bonds. The third-order valence-corrected chi connectivity index (χ3v) is 6.94. The molecule has 0 saturated carbocycles. The zero-order valence-corrected chi connectivity index (χ0v) is 18.2. The van der Waals surface area contributed by atoms with Gasteiger partial charge in [0.05, 0.1) is 11.2 Å². The van der Waals surface area contributed by atoms with Crippen LogP contribution in [0.15, 0.2) is 11.7 Å². The molecule has 6 heteroatoms. The Morgan fingerprint density at radius 2 is 1.62 bits per heavy atom. The molecule has 0 aromatic carbocycles. The standard InChI is InChI=1S/C18H36BNO3Si/c1-16(2)12-15(19-22-17(3,4)18(5,6)23-19)20(13-16)14-21-10-11-24(7,8)9/h12H,10-11,13-14H2,1-9H3. The molecular formula is C18H36BNO3Si. The van der Waals surface area contributed by atoms with Crippen LogP contribution in [0.1, 0.15) is 41.5 Å². The van der Waals surface area contributed by atoms with Crippen LogP contribution in [0, 0.1) is 5.41 Å². The van der Waals surface area contributed by atoms with Crippen molar-refractivity contribution in [1.29, 1.82) is 0 Å². The van der Waals surface area contributed by atoms with E-state index >= 15 is 0 Å². The van der Waals surface area contributed by atoms with Gasteiger partial charge in [0, 0.05) is 32.2 Å². The summed E-state index contributed by atoms with van der Waals surface area (Å²) >= 11 is 0. The molecule has 0 N–H and O–H groups in total. The average molecular weight is 353 g/mol. The normalized spacial score (nSPS) is 25.3. The van der Waals surface area contributed by atoms with Crippen LogP contribution in [0.4, 0.5) is 0 Å². The van der Waals surface area contributed by atoms with Crippen molar-refractivity contribution in [3.63, 3.8) is 0 Å². The molecule has 0 unspecified atom stereocenters. The van der Waals surface area contributed by atoms with Crippen molar-refractivity contribution in [1.82, 2.24) is 4.90 Å². The summed E-state index contributed by atoms with van der Waals surface area (Å²) in [6, 6.07) is 1.19. The first-order chi connectivity index (χ1) is 10.7. The molecule has 1 fully saturated rings. The SMILES string of the molecule is CC1(C)C=C(B2OC(C)(C)C(C)(C)O2)N(COCC[Si](C)(C)C)C1. The van der Waals surface area contributed by atoms with Crippen LogP contribution in [0.2, 0.25) is 25.7 Å². The van der Waals surface area contributed by atoms with Crippen LogP contribution in [0.25, 0.3) is 0 Å². The van der Waals surface area contributed by atoms with E-state index in [4.69, 9.17) is 14.0 Å². The maximum absolute atomic E-state index is 6.25. The fraction of sp³-hybridized carbons (Fsp3) is 0.889. The molecule has 2 heterocycles. The molecule has 0 atom stereocenters. The molecule has 0 aliphatic carbocycles. The van der Waals surface area contributed by atoms with Gasteiger partial charge in [-0.1, -0.05) is 39.6 Å². The van der Waals surface area contributed by atoms with Crippen molar-refractivity contribution < 1.29 is 14.0 Å². The second-order valence-corrected chi connectivity index (χ2v) is 15.8. The lowest BCUT2D eigenvalue weighted by atomic mass is 9.82. The van der Waals surface area contributed by atoms with Gasteiger partial charge in [0.1, 0.15) is 6.73 Å². The largest absolute Gasteiger partial charge is 0.511 e. The Morgan fingerprint density at radius 3 is 2.12 bits per heavy atom. The zero-order chi connectivity index (χ0) is 18.4. The number of ether oxygens (including phenoxy) is 1. The predicted octanol–water partition coefficient (Wildman–Crippen LogP) is 4.16. The molecule has 2 aliphatic heterocycles. The summed E-state index contributed by atoms with van der Waals surface area (Å²) in [5.41, 5.74) is 0.610. The van der Waals surface area contributed by atoms with Gasteiger partial charge in [0.2, 0.25) is 0 Å². The molecular weight excluding hydrogens is 317 g/mol. The molecule has 4 nitrogen and oxygen atoms in total. The lowest BCUT2D eigenvalue weighted by molar-refractivity contribution is 0.00578. The van der Waals surface area contributed by atoms with Gasteiger partial charge in [-0.3, -0.25) is 0 Å². The Labute approximate surface area is 150 Å². The Hall–Kier alpha value is -0.298. The minimum atomic E-state index is -1.05. The number of hydrogen-bond donors (Lipinski definition) is 0. The van der Waals surface area contributed by atoms with Crippen molar-refractivity contribution in [2.45, 2.75) is 78.4 Å². The van der Waals surface area contributed by atoms with E-state index in [-0.39, 0.29) is 23.7 Å². The van der Waals surface area contributed by atoms with Gasteiger partial charge >= 0.3 is 7.12 Å². The summed E-state index contributed by atoms with van der Waals surface area (Å²) in [6.07, 6.45) is 2.29. The highest BCUT2D eigenvalue weighted by molar-refractivity contribution is 6.76. The maximum atomic E-state index is 6.25. The smallest absolute Gasteiger partial charge is 0.398 e. The highest BCUT2D eigenvalue weighted by atomic mass is 28.3. The molecule has 1 saturated heterocycles. The molecule has 2 rings (SSSR count). The van der Waals surface area contributed by atoms with Gasteiger partial charge in [-0.05, 0) is 33.7 Å². The van der Waals surface area contributed by atoms with Gasteiger partial charge in [0.25, 0.3) is 0 Å².